The molecule has 1 aliphatic heterocycles. The van der Waals surface area contributed by atoms with Gasteiger partial charge in [-0.15, -0.1) is 0 Å². The zero-order chi connectivity index (χ0) is 12.8. The van der Waals surface area contributed by atoms with E-state index in [1.807, 2.05) is 0 Å². The molecule has 0 saturated carbocycles. The molecular weight excluding hydrogens is 220 g/mol. The molecule has 102 valence electrons. The van der Waals surface area contributed by atoms with Crippen molar-refractivity contribution in [3.8, 4) is 0 Å². The third-order valence-corrected chi connectivity index (χ3v) is 4.03. The summed E-state index contributed by atoms with van der Waals surface area (Å²) in [6.45, 7) is 4.31. The number of hydrogen-bond acceptors (Lipinski definition) is 1. The fourth-order valence-electron chi connectivity index (χ4n) is 2.91. The molecule has 0 N–H and O–H groups in total. The quantitative estimate of drug-likeness (QED) is 0.548. The second kappa shape index (κ2) is 6.45. The van der Waals surface area contributed by atoms with Gasteiger partial charge in [0.1, 0.15) is 11.4 Å². The molecule has 0 bridgehead atoms. The highest BCUT2D eigenvalue weighted by molar-refractivity contribution is 5.28. The van der Waals surface area contributed by atoms with Crippen LogP contribution < -0.4 is 0 Å². The fourth-order valence-corrected chi connectivity index (χ4v) is 2.91. The van der Waals surface area contributed by atoms with Crippen LogP contribution in [0.15, 0.2) is 23.5 Å². The Bertz CT molecular complexity index is 323. The summed E-state index contributed by atoms with van der Waals surface area (Å²) in [5.41, 5.74) is 1.37. The zero-order valence-electron chi connectivity index (χ0n) is 12.1. The maximum atomic E-state index is 6.17. The molecule has 0 fully saturated rings. The van der Waals surface area contributed by atoms with Gasteiger partial charge in [0.05, 0.1) is 0 Å². The molecule has 0 amide bonds. The van der Waals surface area contributed by atoms with Crippen molar-refractivity contribution in [1.29, 1.82) is 0 Å². The Hall–Kier alpha value is -0.720. The summed E-state index contributed by atoms with van der Waals surface area (Å²) in [6, 6.07) is 0. The van der Waals surface area contributed by atoms with Gasteiger partial charge in [0.2, 0.25) is 0 Å². The Kier molecular flexibility index (Phi) is 4.91. The third-order valence-electron chi connectivity index (χ3n) is 4.03. The molecule has 0 aromatic heterocycles. The fraction of sp³-hybridized carbons (Fsp3) is 0.765. The summed E-state index contributed by atoms with van der Waals surface area (Å²) >= 11 is 0. The predicted molar refractivity (Wildman–Crippen MR) is 77.5 cm³/mol. The van der Waals surface area contributed by atoms with Crippen molar-refractivity contribution in [2.24, 2.45) is 0 Å². The molecule has 0 unspecified atom stereocenters. The minimum atomic E-state index is -0.101. The first-order valence-corrected chi connectivity index (χ1v) is 7.78. The molecule has 0 aromatic rings. The van der Waals surface area contributed by atoms with Crippen molar-refractivity contribution < 1.29 is 4.74 Å². The minimum Gasteiger partial charge on any atom is -0.488 e. The van der Waals surface area contributed by atoms with E-state index in [9.17, 15) is 0 Å². The van der Waals surface area contributed by atoms with Crippen LogP contribution in [0.2, 0.25) is 0 Å². The van der Waals surface area contributed by atoms with E-state index in [4.69, 9.17) is 4.74 Å². The molecular formula is C17H28O. The van der Waals surface area contributed by atoms with Gasteiger partial charge in [0.25, 0.3) is 0 Å². The van der Waals surface area contributed by atoms with Crippen molar-refractivity contribution in [3.63, 3.8) is 0 Å². The lowest BCUT2D eigenvalue weighted by molar-refractivity contribution is 0.0649. The van der Waals surface area contributed by atoms with Crippen LogP contribution in [0.1, 0.15) is 78.1 Å². The molecule has 1 nitrogen and oxygen atoms in total. The van der Waals surface area contributed by atoms with Crippen LogP contribution in [-0.4, -0.2) is 5.60 Å². The zero-order valence-corrected chi connectivity index (χ0v) is 12.1. The van der Waals surface area contributed by atoms with Gasteiger partial charge in [0, 0.05) is 6.42 Å². The first-order valence-electron chi connectivity index (χ1n) is 7.78. The summed E-state index contributed by atoms with van der Waals surface area (Å²) in [5, 5.41) is 0. The number of rotatable bonds is 0. The Morgan fingerprint density at radius 2 is 1.39 bits per heavy atom. The van der Waals surface area contributed by atoms with Crippen LogP contribution in [0, 0.1) is 0 Å². The summed E-state index contributed by atoms with van der Waals surface area (Å²) < 4.78 is 6.17. The van der Waals surface area contributed by atoms with Crippen LogP contribution in [0.25, 0.3) is 0 Å². The van der Waals surface area contributed by atoms with E-state index in [1.165, 1.54) is 69.1 Å². The second-order valence-corrected chi connectivity index (χ2v) is 6.32. The van der Waals surface area contributed by atoms with E-state index >= 15 is 0 Å². The molecule has 2 rings (SSSR count). The van der Waals surface area contributed by atoms with E-state index < -0.39 is 0 Å². The van der Waals surface area contributed by atoms with Gasteiger partial charge in [-0.25, -0.2) is 0 Å². The first-order chi connectivity index (χ1) is 8.67. The van der Waals surface area contributed by atoms with Crippen molar-refractivity contribution in [2.45, 2.75) is 83.7 Å². The van der Waals surface area contributed by atoms with Crippen LogP contribution in [0.3, 0.4) is 0 Å². The van der Waals surface area contributed by atoms with Gasteiger partial charge in [-0.1, -0.05) is 44.6 Å². The van der Waals surface area contributed by atoms with Crippen LogP contribution >= 0.6 is 0 Å². The predicted octanol–water partition coefficient (Wildman–Crippen LogP) is 5.52. The molecule has 0 saturated heterocycles. The molecule has 2 aliphatic rings. The van der Waals surface area contributed by atoms with Crippen LogP contribution in [-0.2, 0) is 4.74 Å². The highest BCUT2D eigenvalue weighted by Crippen LogP contribution is 2.31. The van der Waals surface area contributed by atoms with E-state index in [0.717, 1.165) is 6.42 Å². The average Bonchev–Trinajstić information content (AvgIpc) is 2.30. The van der Waals surface area contributed by atoms with Crippen molar-refractivity contribution in [1.82, 2.24) is 0 Å². The van der Waals surface area contributed by atoms with Gasteiger partial charge in [-0.3, -0.25) is 0 Å². The topological polar surface area (TPSA) is 9.23 Å². The summed E-state index contributed by atoms with van der Waals surface area (Å²) in [5.74, 6) is 1.28. The second-order valence-electron chi connectivity index (χ2n) is 6.32. The molecule has 18 heavy (non-hydrogen) atoms. The third kappa shape index (κ3) is 4.19. The largest absolute Gasteiger partial charge is 0.488 e. The van der Waals surface area contributed by atoms with Gasteiger partial charge in [-0.2, -0.15) is 0 Å². The average molecular weight is 248 g/mol. The summed E-state index contributed by atoms with van der Waals surface area (Å²) in [6.07, 6.45) is 17.9. The first kappa shape index (κ1) is 13.7. The number of ether oxygens (including phenoxy) is 1. The molecule has 0 radical (unpaired) electrons. The van der Waals surface area contributed by atoms with Gasteiger partial charge in [0.15, 0.2) is 0 Å². The molecule has 1 heterocycles. The maximum absolute atomic E-state index is 6.17. The Labute approximate surface area is 112 Å². The van der Waals surface area contributed by atoms with E-state index in [1.54, 1.807) is 0 Å². The smallest absolute Gasteiger partial charge is 0.121 e. The summed E-state index contributed by atoms with van der Waals surface area (Å²) in [4.78, 5) is 0. The van der Waals surface area contributed by atoms with Crippen molar-refractivity contribution >= 4 is 0 Å². The Morgan fingerprint density at radius 3 is 2.06 bits per heavy atom. The SMILES string of the molecule is CC1(C)C=CC2=C(CCCCCCCCCC2)O1. The van der Waals surface area contributed by atoms with E-state index in [0.29, 0.717) is 0 Å². The highest BCUT2D eigenvalue weighted by atomic mass is 16.5. The van der Waals surface area contributed by atoms with E-state index in [2.05, 4.69) is 26.0 Å². The normalized spacial score (nSPS) is 25.7. The number of allylic oxidation sites excluding steroid dienone is 3. The lowest BCUT2D eigenvalue weighted by Gasteiger charge is -2.30. The van der Waals surface area contributed by atoms with Crippen molar-refractivity contribution in [2.75, 3.05) is 0 Å². The van der Waals surface area contributed by atoms with Gasteiger partial charge < -0.3 is 4.74 Å². The molecule has 0 aromatic carbocycles. The maximum Gasteiger partial charge on any atom is 0.121 e. The minimum absolute atomic E-state index is 0.101. The Balaban J connectivity index is 2.02. The lowest BCUT2D eigenvalue weighted by atomic mass is 9.95. The van der Waals surface area contributed by atoms with E-state index in [-0.39, 0.29) is 5.60 Å². The molecule has 1 aliphatic carbocycles. The van der Waals surface area contributed by atoms with Crippen LogP contribution in [0.5, 0.6) is 0 Å². The highest BCUT2D eigenvalue weighted by Gasteiger charge is 2.23. The summed E-state index contributed by atoms with van der Waals surface area (Å²) in [7, 11) is 0. The standard InChI is InChI=1S/C17H28O/c1-17(2)14-13-15-11-9-7-5-3-4-6-8-10-12-16(15)18-17/h13-14H,3-12H2,1-2H3. The lowest BCUT2D eigenvalue weighted by Crippen LogP contribution is -2.24. The number of hydrogen-bond donors (Lipinski definition) is 0. The molecule has 0 atom stereocenters. The Morgan fingerprint density at radius 1 is 0.833 bits per heavy atom. The monoisotopic (exact) mass is 248 g/mol. The van der Waals surface area contributed by atoms with Gasteiger partial charge in [-0.05, 0) is 44.8 Å². The molecule has 0 spiro atoms. The van der Waals surface area contributed by atoms with Gasteiger partial charge >= 0.3 is 0 Å². The van der Waals surface area contributed by atoms with Crippen molar-refractivity contribution in [3.05, 3.63) is 23.5 Å². The van der Waals surface area contributed by atoms with Crippen LogP contribution in [0.4, 0.5) is 0 Å². The molecule has 1 heteroatoms.